The normalized spacial score (nSPS) is 23.0. The van der Waals surface area contributed by atoms with E-state index in [0.29, 0.717) is 6.61 Å². The number of hydrogen-bond donors (Lipinski definition) is 3. The molecule has 0 saturated carbocycles. The molecule has 0 spiro atoms. The smallest absolute Gasteiger partial charge is 0.114 e. The van der Waals surface area contributed by atoms with Gasteiger partial charge in [-0.05, 0) is 6.42 Å². The summed E-state index contributed by atoms with van der Waals surface area (Å²) in [5.41, 5.74) is 0. The standard InChI is InChI=1S/C24H48O5/c1-2-3-4-5-6-7-8-9-10-11-12-13-14-15-16-17-18-28-19-22(26)24-23(27)21(25)20-29-24/h21-27H,2-20H2,1H3/t21-,22+,23-,24-/m1/s1. The summed E-state index contributed by atoms with van der Waals surface area (Å²) in [5, 5.41) is 29.1. The SMILES string of the molecule is CCCCCCCCCCCCCCCCCCOC[C@H](O)[C@H]1OC[C@@H](O)[C@H]1O. The van der Waals surface area contributed by atoms with Crippen molar-refractivity contribution in [2.24, 2.45) is 0 Å². The third kappa shape index (κ3) is 13.7. The highest BCUT2D eigenvalue weighted by molar-refractivity contribution is 4.87. The van der Waals surface area contributed by atoms with E-state index in [2.05, 4.69) is 6.92 Å². The molecule has 3 N–H and O–H groups in total. The molecule has 5 heteroatoms. The zero-order valence-electron chi connectivity index (χ0n) is 18.9. The van der Waals surface area contributed by atoms with Crippen molar-refractivity contribution < 1.29 is 24.8 Å². The van der Waals surface area contributed by atoms with Crippen molar-refractivity contribution in [2.75, 3.05) is 19.8 Å². The summed E-state index contributed by atoms with van der Waals surface area (Å²) < 4.78 is 10.7. The van der Waals surface area contributed by atoms with E-state index in [1.807, 2.05) is 0 Å². The number of aliphatic hydroxyl groups excluding tert-OH is 3. The zero-order chi connectivity index (χ0) is 21.2. The van der Waals surface area contributed by atoms with Gasteiger partial charge in [-0.3, -0.25) is 0 Å². The van der Waals surface area contributed by atoms with Gasteiger partial charge < -0.3 is 24.8 Å². The van der Waals surface area contributed by atoms with Gasteiger partial charge in [0, 0.05) is 6.61 Å². The summed E-state index contributed by atoms with van der Waals surface area (Å²) in [6, 6.07) is 0. The summed E-state index contributed by atoms with van der Waals surface area (Å²) in [6.07, 6.45) is 18.0. The highest BCUT2D eigenvalue weighted by Crippen LogP contribution is 2.18. The van der Waals surface area contributed by atoms with Crippen LogP contribution in [0.1, 0.15) is 110 Å². The number of aliphatic hydroxyl groups is 3. The van der Waals surface area contributed by atoms with E-state index in [0.717, 1.165) is 12.8 Å². The number of rotatable bonds is 20. The maximum Gasteiger partial charge on any atom is 0.114 e. The van der Waals surface area contributed by atoms with Crippen molar-refractivity contribution in [1.82, 2.24) is 0 Å². The molecule has 0 amide bonds. The highest BCUT2D eigenvalue weighted by Gasteiger charge is 2.39. The molecule has 1 saturated heterocycles. The average Bonchev–Trinajstić information content (AvgIpc) is 3.05. The van der Waals surface area contributed by atoms with Gasteiger partial charge in [-0.25, -0.2) is 0 Å². The second kappa shape index (κ2) is 18.6. The highest BCUT2D eigenvalue weighted by atomic mass is 16.5. The molecule has 1 fully saturated rings. The minimum atomic E-state index is -1.02. The first kappa shape index (κ1) is 26.8. The van der Waals surface area contributed by atoms with Crippen LogP contribution in [0.15, 0.2) is 0 Å². The Kier molecular flexibility index (Phi) is 17.2. The molecule has 0 aliphatic carbocycles. The van der Waals surface area contributed by atoms with Gasteiger partial charge in [0.25, 0.3) is 0 Å². The lowest BCUT2D eigenvalue weighted by Gasteiger charge is -2.20. The van der Waals surface area contributed by atoms with Gasteiger partial charge in [0.05, 0.1) is 13.2 Å². The second-order valence-corrected chi connectivity index (χ2v) is 8.80. The van der Waals surface area contributed by atoms with Crippen molar-refractivity contribution >= 4 is 0 Å². The first-order valence-corrected chi connectivity index (χ1v) is 12.4. The lowest BCUT2D eigenvalue weighted by atomic mass is 10.0. The van der Waals surface area contributed by atoms with Gasteiger partial charge in [0.15, 0.2) is 0 Å². The molecule has 0 radical (unpaired) electrons. The molecule has 0 bridgehead atoms. The van der Waals surface area contributed by atoms with Gasteiger partial charge >= 0.3 is 0 Å². The third-order valence-electron chi connectivity index (χ3n) is 6.00. The van der Waals surface area contributed by atoms with Gasteiger partial charge in [0.2, 0.25) is 0 Å². The Hall–Kier alpha value is -0.200. The predicted octanol–water partition coefficient (Wildman–Crippen LogP) is 4.75. The maximum atomic E-state index is 9.95. The molecule has 1 aliphatic rings. The van der Waals surface area contributed by atoms with Crippen LogP contribution in [0, 0.1) is 0 Å². The topological polar surface area (TPSA) is 79.2 Å². The molecule has 0 aromatic rings. The molecule has 0 aromatic carbocycles. The molecule has 1 rings (SSSR count). The van der Waals surface area contributed by atoms with E-state index in [4.69, 9.17) is 9.47 Å². The fourth-order valence-corrected chi connectivity index (χ4v) is 4.02. The van der Waals surface area contributed by atoms with E-state index in [-0.39, 0.29) is 13.2 Å². The summed E-state index contributed by atoms with van der Waals surface area (Å²) in [5.74, 6) is 0. The monoisotopic (exact) mass is 416 g/mol. The Morgan fingerprint density at radius 3 is 1.62 bits per heavy atom. The number of hydrogen-bond acceptors (Lipinski definition) is 5. The Morgan fingerprint density at radius 1 is 0.759 bits per heavy atom. The molecule has 4 atom stereocenters. The zero-order valence-corrected chi connectivity index (χ0v) is 18.9. The fraction of sp³-hybridized carbons (Fsp3) is 1.00. The Morgan fingerprint density at radius 2 is 1.21 bits per heavy atom. The molecular weight excluding hydrogens is 368 g/mol. The van der Waals surface area contributed by atoms with Gasteiger partial charge in [-0.15, -0.1) is 0 Å². The lowest BCUT2D eigenvalue weighted by Crippen LogP contribution is -2.40. The largest absolute Gasteiger partial charge is 0.388 e. The van der Waals surface area contributed by atoms with E-state index in [1.54, 1.807) is 0 Å². The molecule has 5 nitrogen and oxygen atoms in total. The van der Waals surface area contributed by atoms with Crippen molar-refractivity contribution in [1.29, 1.82) is 0 Å². The second-order valence-electron chi connectivity index (χ2n) is 8.80. The van der Waals surface area contributed by atoms with Crippen LogP contribution in [-0.4, -0.2) is 59.6 Å². The minimum absolute atomic E-state index is 0.0714. The molecule has 1 heterocycles. The first-order chi connectivity index (χ1) is 14.2. The van der Waals surface area contributed by atoms with E-state index < -0.39 is 24.4 Å². The molecule has 174 valence electrons. The fourth-order valence-electron chi connectivity index (χ4n) is 4.02. The molecule has 0 aromatic heterocycles. The summed E-state index contributed by atoms with van der Waals surface area (Å²) in [4.78, 5) is 0. The minimum Gasteiger partial charge on any atom is -0.388 e. The Balaban J connectivity index is 1.74. The van der Waals surface area contributed by atoms with Crippen LogP contribution in [0.3, 0.4) is 0 Å². The van der Waals surface area contributed by atoms with E-state index in [1.165, 1.54) is 89.9 Å². The van der Waals surface area contributed by atoms with Gasteiger partial charge in [-0.1, -0.05) is 103 Å². The molecule has 0 unspecified atom stereocenters. The Labute approximate surface area is 179 Å². The maximum absolute atomic E-state index is 9.95. The predicted molar refractivity (Wildman–Crippen MR) is 118 cm³/mol. The lowest BCUT2D eigenvalue weighted by molar-refractivity contribution is -0.0813. The van der Waals surface area contributed by atoms with Crippen LogP contribution in [0.25, 0.3) is 0 Å². The number of ether oxygens (including phenoxy) is 2. The summed E-state index contributed by atoms with van der Waals surface area (Å²) >= 11 is 0. The van der Waals surface area contributed by atoms with Crippen molar-refractivity contribution in [3.05, 3.63) is 0 Å². The Bertz CT molecular complexity index is 352. The van der Waals surface area contributed by atoms with Crippen LogP contribution in [0.4, 0.5) is 0 Å². The summed E-state index contributed by atoms with van der Waals surface area (Å²) in [6.45, 7) is 3.12. The van der Waals surface area contributed by atoms with Crippen LogP contribution >= 0.6 is 0 Å². The average molecular weight is 417 g/mol. The molecular formula is C24H48O5. The van der Waals surface area contributed by atoms with E-state index >= 15 is 0 Å². The quantitative estimate of drug-likeness (QED) is 0.250. The van der Waals surface area contributed by atoms with E-state index in [9.17, 15) is 15.3 Å². The van der Waals surface area contributed by atoms with Crippen LogP contribution in [0.5, 0.6) is 0 Å². The summed E-state index contributed by atoms with van der Waals surface area (Å²) in [7, 11) is 0. The van der Waals surface area contributed by atoms with Gasteiger partial charge in [-0.2, -0.15) is 0 Å². The first-order valence-electron chi connectivity index (χ1n) is 12.4. The van der Waals surface area contributed by atoms with Crippen molar-refractivity contribution in [3.8, 4) is 0 Å². The molecule has 29 heavy (non-hydrogen) atoms. The number of unbranched alkanes of at least 4 members (excludes halogenated alkanes) is 15. The third-order valence-corrected chi connectivity index (χ3v) is 6.00. The van der Waals surface area contributed by atoms with Crippen molar-refractivity contribution in [3.63, 3.8) is 0 Å². The van der Waals surface area contributed by atoms with Crippen LogP contribution in [-0.2, 0) is 9.47 Å². The van der Waals surface area contributed by atoms with Crippen molar-refractivity contribution in [2.45, 2.75) is 134 Å². The van der Waals surface area contributed by atoms with Crippen LogP contribution in [0.2, 0.25) is 0 Å². The molecule has 1 aliphatic heterocycles. The van der Waals surface area contributed by atoms with Crippen LogP contribution < -0.4 is 0 Å². The van der Waals surface area contributed by atoms with Gasteiger partial charge in [0.1, 0.15) is 24.4 Å².